The summed E-state index contributed by atoms with van der Waals surface area (Å²) in [6.07, 6.45) is 1.15. The minimum absolute atomic E-state index is 0.297. The maximum atomic E-state index is 12.5. The van der Waals surface area contributed by atoms with Gasteiger partial charge in [-0.25, -0.2) is 9.59 Å². The number of carboxylic acids is 1. The highest BCUT2D eigenvalue weighted by molar-refractivity contribution is 5.98. The molecule has 2 rings (SSSR count). The number of carboxylic acid groups (broad SMARTS) is 1. The number of urea groups is 1. The lowest BCUT2D eigenvalue weighted by Crippen LogP contribution is -2.40. The molecule has 1 aromatic carbocycles. The number of benzene rings is 1. The van der Waals surface area contributed by atoms with E-state index >= 15 is 0 Å². The van der Waals surface area contributed by atoms with Gasteiger partial charge in [-0.15, -0.1) is 0 Å². The van der Waals surface area contributed by atoms with Crippen molar-refractivity contribution in [3.63, 3.8) is 0 Å². The Kier molecular flexibility index (Phi) is 4.65. The van der Waals surface area contributed by atoms with Crippen molar-refractivity contribution in [2.45, 2.75) is 18.9 Å². The first-order valence-electron chi connectivity index (χ1n) is 7.02. The molecule has 3 amide bonds. The molecule has 1 aromatic rings. The van der Waals surface area contributed by atoms with Crippen LogP contribution in [0, 0.1) is 0 Å². The number of rotatable bonds is 3. The summed E-state index contributed by atoms with van der Waals surface area (Å²) < 4.78 is 0. The van der Waals surface area contributed by atoms with E-state index in [-0.39, 0.29) is 11.9 Å². The molecule has 0 saturated carbocycles. The Hall–Kier alpha value is -2.57. The SMILES string of the molecule is CN(C)C(=O)Nc1cccc(C(=O)N2CCCC2C(=O)O)c1. The van der Waals surface area contributed by atoms with Crippen LogP contribution in [-0.4, -0.2) is 59.5 Å². The molecule has 118 valence electrons. The van der Waals surface area contributed by atoms with E-state index in [0.29, 0.717) is 30.6 Å². The van der Waals surface area contributed by atoms with E-state index in [9.17, 15) is 14.4 Å². The van der Waals surface area contributed by atoms with Gasteiger partial charge >= 0.3 is 12.0 Å². The zero-order valence-corrected chi connectivity index (χ0v) is 12.6. The molecule has 1 aliphatic heterocycles. The number of likely N-dealkylation sites (tertiary alicyclic amines) is 1. The van der Waals surface area contributed by atoms with E-state index in [1.54, 1.807) is 38.4 Å². The zero-order valence-electron chi connectivity index (χ0n) is 12.6. The van der Waals surface area contributed by atoms with Crippen LogP contribution in [0.5, 0.6) is 0 Å². The third-order valence-corrected chi connectivity index (χ3v) is 3.57. The first-order chi connectivity index (χ1) is 10.4. The van der Waals surface area contributed by atoms with Gasteiger partial charge in [0.05, 0.1) is 0 Å². The summed E-state index contributed by atoms with van der Waals surface area (Å²) in [6.45, 7) is 0.435. The monoisotopic (exact) mass is 305 g/mol. The van der Waals surface area contributed by atoms with Crippen LogP contribution < -0.4 is 5.32 Å². The third kappa shape index (κ3) is 3.36. The second-order valence-corrected chi connectivity index (χ2v) is 5.40. The number of nitrogens with one attached hydrogen (secondary N) is 1. The molecule has 22 heavy (non-hydrogen) atoms. The fraction of sp³-hybridized carbons (Fsp3) is 0.400. The smallest absolute Gasteiger partial charge is 0.326 e. The van der Waals surface area contributed by atoms with Gasteiger partial charge in [0.15, 0.2) is 0 Å². The summed E-state index contributed by atoms with van der Waals surface area (Å²) in [7, 11) is 3.23. The van der Waals surface area contributed by atoms with Gasteiger partial charge < -0.3 is 20.2 Å². The van der Waals surface area contributed by atoms with E-state index in [1.807, 2.05) is 0 Å². The molecule has 7 heteroatoms. The molecule has 1 atom stereocenters. The number of carbonyl (C=O) groups is 3. The summed E-state index contributed by atoms with van der Waals surface area (Å²) >= 11 is 0. The molecular formula is C15H19N3O4. The summed E-state index contributed by atoms with van der Waals surface area (Å²) in [5.74, 6) is -1.31. The van der Waals surface area contributed by atoms with Gasteiger partial charge in [-0.1, -0.05) is 6.07 Å². The summed E-state index contributed by atoms with van der Waals surface area (Å²) in [5, 5.41) is 11.8. The van der Waals surface area contributed by atoms with Gasteiger partial charge in [-0.2, -0.15) is 0 Å². The summed E-state index contributed by atoms with van der Waals surface area (Å²) in [6, 6.07) is 5.44. The van der Waals surface area contributed by atoms with E-state index in [0.717, 1.165) is 0 Å². The fourth-order valence-corrected chi connectivity index (χ4v) is 2.40. The minimum Gasteiger partial charge on any atom is -0.480 e. The highest BCUT2D eigenvalue weighted by Crippen LogP contribution is 2.21. The number of hydrogen-bond donors (Lipinski definition) is 2. The Bertz CT molecular complexity index is 600. The normalized spacial score (nSPS) is 17.2. The van der Waals surface area contributed by atoms with Crippen molar-refractivity contribution in [3.05, 3.63) is 29.8 Å². The molecule has 2 N–H and O–H groups in total. The second kappa shape index (κ2) is 6.46. The van der Waals surface area contributed by atoms with Crippen molar-refractivity contribution >= 4 is 23.6 Å². The molecule has 0 spiro atoms. The first kappa shape index (κ1) is 15.8. The predicted octanol–water partition coefficient (Wildman–Crippen LogP) is 1.47. The molecule has 1 aliphatic rings. The lowest BCUT2D eigenvalue weighted by atomic mass is 10.1. The number of hydrogen-bond acceptors (Lipinski definition) is 3. The van der Waals surface area contributed by atoms with Gasteiger partial charge in [-0.05, 0) is 31.0 Å². The topological polar surface area (TPSA) is 90.0 Å². The van der Waals surface area contributed by atoms with Gasteiger partial charge in [-0.3, -0.25) is 4.79 Å². The molecule has 0 radical (unpaired) electrons. The van der Waals surface area contributed by atoms with Crippen LogP contribution in [0.1, 0.15) is 23.2 Å². The predicted molar refractivity (Wildman–Crippen MR) is 80.8 cm³/mol. The Balaban J connectivity index is 2.17. The van der Waals surface area contributed by atoms with Gasteiger partial charge in [0.25, 0.3) is 5.91 Å². The Morgan fingerprint density at radius 1 is 1.32 bits per heavy atom. The van der Waals surface area contributed by atoms with Crippen molar-refractivity contribution in [2.24, 2.45) is 0 Å². The van der Waals surface area contributed by atoms with Crippen LogP contribution in [0.4, 0.5) is 10.5 Å². The fourth-order valence-electron chi connectivity index (χ4n) is 2.40. The molecule has 0 bridgehead atoms. The Labute approximate surface area is 128 Å². The lowest BCUT2D eigenvalue weighted by Gasteiger charge is -2.21. The van der Waals surface area contributed by atoms with Crippen molar-refractivity contribution < 1.29 is 19.5 Å². The molecular weight excluding hydrogens is 286 g/mol. The third-order valence-electron chi connectivity index (χ3n) is 3.57. The Morgan fingerprint density at radius 2 is 2.05 bits per heavy atom. The average molecular weight is 305 g/mol. The summed E-state index contributed by atoms with van der Waals surface area (Å²) in [4.78, 5) is 38.0. The Morgan fingerprint density at radius 3 is 2.68 bits per heavy atom. The average Bonchev–Trinajstić information content (AvgIpc) is 2.96. The van der Waals surface area contributed by atoms with Gasteiger partial charge in [0.2, 0.25) is 0 Å². The molecule has 1 saturated heterocycles. The van der Waals surface area contributed by atoms with Crippen molar-refractivity contribution in [3.8, 4) is 0 Å². The van der Waals surface area contributed by atoms with Gasteiger partial charge in [0, 0.05) is 31.9 Å². The molecule has 1 unspecified atom stereocenters. The van der Waals surface area contributed by atoms with Crippen LogP contribution in [0.25, 0.3) is 0 Å². The highest BCUT2D eigenvalue weighted by atomic mass is 16.4. The van der Waals surface area contributed by atoms with E-state index in [1.165, 1.54) is 9.80 Å². The maximum absolute atomic E-state index is 12.5. The molecule has 0 aromatic heterocycles. The van der Waals surface area contributed by atoms with Crippen molar-refractivity contribution in [1.29, 1.82) is 0 Å². The minimum atomic E-state index is -0.983. The quantitative estimate of drug-likeness (QED) is 0.885. The summed E-state index contributed by atoms with van der Waals surface area (Å²) in [5.41, 5.74) is 0.861. The largest absolute Gasteiger partial charge is 0.480 e. The number of carbonyl (C=O) groups excluding carboxylic acids is 2. The number of nitrogens with zero attached hydrogens (tertiary/aromatic N) is 2. The molecule has 7 nitrogen and oxygen atoms in total. The molecule has 0 aliphatic carbocycles. The van der Waals surface area contributed by atoms with Crippen LogP contribution >= 0.6 is 0 Å². The van der Waals surface area contributed by atoms with Crippen LogP contribution in [0.3, 0.4) is 0 Å². The van der Waals surface area contributed by atoms with Crippen LogP contribution in [0.15, 0.2) is 24.3 Å². The first-order valence-corrected chi connectivity index (χ1v) is 7.02. The molecule has 1 heterocycles. The number of aliphatic carboxylic acids is 1. The number of anilines is 1. The number of amides is 3. The zero-order chi connectivity index (χ0) is 16.3. The van der Waals surface area contributed by atoms with E-state index in [2.05, 4.69) is 5.32 Å². The van der Waals surface area contributed by atoms with E-state index in [4.69, 9.17) is 5.11 Å². The van der Waals surface area contributed by atoms with Crippen LogP contribution in [-0.2, 0) is 4.79 Å². The van der Waals surface area contributed by atoms with Crippen LogP contribution in [0.2, 0.25) is 0 Å². The highest BCUT2D eigenvalue weighted by Gasteiger charge is 2.34. The van der Waals surface area contributed by atoms with Gasteiger partial charge in [0.1, 0.15) is 6.04 Å². The van der Waals surface area contributed by atoms with Crippen molar-refractivity contribution in [1.82, 2.24) is 9.80 Å². The second-order valence-electron chi connectivity index (χ2n) is 5.40. The standard InChI is InChI=1S/C15H19N3O4/c1-17(2)15(22)16-11-6-3-5-10(9-11)13(19)18-8-4-7-12(18)14(20)21/h3,5-6,9,12H,4,7-8H2,1-2H3,(H,16,22)(H,20,21). The maximum Gasteiger partial charge on any atom is 0.326 e. The van der Waals surface area contributed by atoms with Crippen molar-refractivity contribution in [2.75, 3.05) is 26.0 Å². The lowest BCUT2D eigenvalue weighted by molar-refractivity contribution is -0.141. The molecule has 1 fully saturated rings. The van der Waals surface area contributed by atoms with E-state index < -0.39 is 12.0 Å².